The van der Waals surface area contributed by atoms with Crippen LogP contribution in [-0.2, 0) is 10.2 Å². The van der Waals surface area contributed by atoms with Gasteiger partial charge < -0.3 is 4.74 Å². The molecule has 18 heavy (non-hydrogen) atoms. The topological polar surface area (TPSA) is 64.3 Å². The van der Waals surface area contributed by atoms with E-state index >= 15 is 0 Å². The van der Waals surface area contributed by atoms with Gasteiger partial charge in [-0.2, -0.15) is 0 Å². The van der Waals surface area contributed by atoms with Gasteiger partial charge in [-0.05, 0) is 18.9 Å². The highest BCUT2D eigenvalue weighted by atomic mass is 16.5. The van der Waals surface area contributed by atoms with E-state index in [0.717, 1.165) is 37.0 Å². The van der Waals surface area contributed by atoms with Crippen molar-refractivity contribution in [1.82, 2.24) is 5.43 Å². The Kier molecular flexibility index (Phi) is 3.87. The number of methoxy groups -OCH3 is 1. The summed E-state index contributed by atoms with van der Waals surface area (Å²) in [5.74, 6) is 6.04. The number of carbonyl (C=O) groups is 1. The van der Waals surface area contributed by atoms with Crippen LogP contribution in [0, 0.1) is 0 Å². The Bertz CT molecular complexity index is 426. The van der Waals surface area contributed by atoms with Gasteiger partial charge in [0.15, 0.2) is 0 Å². The van der Waals surface area contributed by atoms with E-state index in [9.17, 15) is 4.79 Å². The van der Waals surface area contributed by atoms with E-state index in [-0.39, 0.29) is 5.91 Å². The SMILES string of the molecule is COc1ccccc1C1(C(=O)NN)CCCCC1. The van der Waals surface area contributed by atoms with E-state index in [4.69, 9.17) is 10.6 Å². The summed E-state index contributed by atoms with van der Waals surface area (Å²) in [6, 6.07) is 7.73. The highest BCUT2D eigenvalue weighted by Crippen LogP contribution is 2.43. The van der Waals surface area contributed by atoms with E-state index in [2.05, 4.69) is 5.43 Å². The third-order valence-electron chi connectivity index (χ3n) is 3.90. The fraction of sp³-hybridized carbons (Fsp3) is 0.500. The van der Waals surface area contributed by atoms with Gasteiger partial charge in [0.05, 0.1) is 12.5 Å². The number of hydrazine groups is 1. The van der Waals surface area contributed by atoms with Gasteiger partial charge in [-0.25, -0.2) is 5.84 Å². The van der Waals surface area contributed by atoms with Crippen LogP contribution in [0.5, 0.6) is 5.75 Å². The Hall–Kier alpha value is -1.55. The minimum absolute atomic E-state index is 0.105. The number of rotatable bonds is 3. The van der Waals surface area contributed by atoms with Gasteiger partial charge in [0, 0.05) is 5.56 Å². The van der Waals surface area contributed by atoms with Crippen molar-refractivity contribution in [3.05, 3.63) is 29.8 Å². The molecule has 0 bridgehead atoms. The zero-order valence-electron chi connectivity index (χ0n) is 10.7. The van der Waals surface area contributed by atoms with Crippen molar-refractivity contribution < 1.29 is 9.53 Å². The molecule has 1 amide bonds. The first-order valence-corrected chi connectivity index (χ1v) is 6.39. The molecule has 0 radical (unpaired) electrons. The molecular weight excluding hydrogens is 228 g/mol. The number of nitrogens with two attached hydrogens (primary N) is 1. The Morgan fingerprint density at radius 1 is 1.28 bits per heavy atom. The number of ether oxygens (including phenoxy) is 1. The minimum atomic E-state index is -0.528. The molecule has 1 aliphatic rings. The second-order valence-electron chi connectivity index (χ2n) is 4.82. The van der Waals surface area contributed by atoms with Gasteiger partial charge in [0.1, 0.15) is 5.75 Å². The number of para-hydroxylation sites is 1. The van der Waals surface area contributed by atoms with Crippen molar-refractivity contribution >= 4 is 5.91 Å². The lowest BCUT2D eigenvalue weighted by Gasteiger charge is -2.36. The summed E-state index contributed by atoms with van der Waals surface area (Å²) < 4.78 is 5.40. The van der Waals surface area contributed by atoms with Crippen molar-refractivity contribution in [2.24, 2.45) is 5.84 Å². The number of nitrogens with one attached hydrogen (secondary N) is 1. The van der Waals surface area contributed by atoms with Crippen LogP contribution in [0.15, 0.2) is 24.3 Å². The summed E-state index contributed by atoms with van der Waals surface area (Å²) in [6.07, 6.45) is 4.93. The summed E-state index contributed by atoms with van der Waals surface area (Å²) in [6.45, 7) is 0. The molecular formula is C14H20N2O2. The van der Waals surface area contributed by atoms with E-state index in [1.165, 1.54) is 6.42 Å². The van der Waals surface area contributed by atoms with Crippen LogP contribution in [0.1, 0.15) is 37.7 Å². The molecule has 1 fully saturated rings. The van der Waals surface area contributed by atoms with Gasteiger partial charge in [-0.3, -0.25) is 10.2 Å². The second kappa shape index (κ2) is 5.40. The maximum absolute atomic E-state index is 12.3. The highest BCUT2D eigenvalue weighted by Gasteiger charge is 2.42. The van der Waals surface area contributed by atoms with E-state index in [1.807, 2.05) is 24.3 Å². The molecule has 0 aliphatic heterocycles. The quantitative estimate of drug-likeness (QED) is 0.488. The monoisotopic (exact) mass is 248 g/mol. The maximum atomic E-state index is 12.3. The molecule has 0 unspecified atom stereocenters. The van der Waals surface area contributed by atoms with Crippen LogP contribution in [0.4, 0.5) is 0 Å². The van der Waals surface area contributed by atoms with E-state index in [0.29, 0.717) is 0 Å². The van der Waals surface area contributed by atoms with Crippen molar-refractivity contribution in [2.75, 3.05) is 7.11 Å². The van der Waals surface area contributed by atoms with Crippen molar-refractivity contribution in [3.63, 3.8) is 0 Å². The first kappa shape index (κ1) is 12.9. The Balaban J connectivity index is 2.48. The third-order valence-corrected chi connectivity index (χ3v) is 3.90. The molecule has 0 heterocycles. The fourth-order valence-electron chi connectivity index (χ4n) is 2.95. The van der Waals surface area contributed by atoms with Crippen LogP contribution in [0.25, 0.3) is 0 Å². The summed E-state index contributed by atoms with van der Waals surface area (Å²) in [5.41, 5.74) is 2.76. The van der Waals surface area contributed by atoms with E-state index in [1.54, 1.807) is 7.11 Å². The molecule has 1 aliphatic carbocycles. The lowest BCUT2D eigenvalue weighted by atomic mass is 9.68. The average Bonchev–Trinajstić information content (AvgIpc) is 2.47. The smallest absolute Gasteiger partial charge is 0.244 e. The average molecular weight is 248 g/mol. The van der Waals surface area contributed by atoms with Gasteiger partial charge in [0.2, 0.25) is 5.91 Å². The van der Waals surface area contributed by atoms with Crippen LogP contribution < -0.4 is 16.0 Å². The minimum Gasteiger partial charge on any atom is -0.496 e. The molecule has 0 saturated heterocycles. The summed E-state index contributed by atoms with van der Waals surface area (Å²) in [5, 5.41) is 0. The van der Waals surface area contributed by atoms with Crippen molar-refractivity contribution in [3.8, 4) is 5.75 Å². The number of carbonyl (C=O) groups excluding carboxylic acids is 1. The summed E-state index contributed by atoms with van der Waals surface area (Å²) in [7, 11) is 1.63. The predicted molar refractivity (Wildman–Crippen MR) is 70.1 cm³/mol. The number of benzene rings is 1. The van der Waals surface area contributed by atoms with Gasteiger partial charge >= 0.3 is 0 Å². The van der Waals surface area contributed by atoms with Crippen LogP contribution in [0.2, 0.25) is 0 Å². The summed E-state index contributed by atoms with van der Waals surface area (Å²) >= 11 is 0. The first-order valence-electron chi connectivity index (χ1n) is 6.39. The molecule has 1 aromatic rings. The highest BCUT2D eigenvalue weighted by molar-refractivity contribution is 5.88. The van der Waals surface area contributed by atoms with Crippen LogP contribution in [0.3, 0.4) is 0 Å². The number of amides is 1. The molecule has 0 spiro atoms. The molecule has 1 aromatic carbocycles. The molecule has 2 rings (SSSR count). The maximum Gasteiger partial charge on any atom is 0.244 e. The largest absolute Gasteiger partial charge is 0.496 e. The van der Waals surface area contributed by atoms with Crippen molar-refractivity contribution in [1.29, 1.82) is 0 Å². The molecule has 0 atom stereocenters. The Morgan fingerprint density at radius 3 is 2.56 bits per heavy atom. The number of hydrogen-bond acceptors (Lipinski definition) is 3. The van der Waals surface area contributed by atoms with Crippen LogP contribution in [-0.4, -0.2) is 13.0 Å². The van der Waals surface area contributed by atoms with E-state index < -0.39 is 5.41 Å². The molecule has 1 saturated carbocycles. The third kappa shape index (κ3) is 2.08. The lowest BCUT2D eigenvalue weighted by Crippen LogP contribution is -2.48. The Labute approximate surface area is 107 Å². The first-order chi connectivity index (χ1) is 8.74. The standard InChI is InChI=1S/C14H20N2O2/c1-18-12-8-4-3-7-11(12)14(13(17)16-15)9-5-2-6-10-14/h3-4,7-8H,2,5-6,9-10,15H2,1H3,(H,16,17). The molecule has 98 valence electrons. The van der Waals surface area contributed by atoms with Crippen molar-refractivity contribution in [2.45, 2.75) is 37.5 Å². The van der Waals surface area contributed by atoms with Gasteiger partial charge in [-0.15, -0.1) is 0 Å². The number of hydrogen-bond donors (Lipinski definition) is 2. The van der Waals surface area contributed by atoms with Gasteiger partial charge in [-0.1, -0.05) is 37.5 Å². The molecule has 4 nitrogen and oxygen atoms in total. The van der Waals surface area contributed by atoms with Gasteiger partial charge in [0.25, 0.3) is 0 Å². The molecule has 0 aromatic heterocycles. The second-order valence-corrected chi connectivity index (χ2v) is 4.82. The molecule has 3 N–H and O–H groups in total. The predicted octanol–water partition coefficient (Wildman–Crippen LogP) is 1.89. The normalized spacial score (nSPS) is 18.1. The zero-order valence-corrected chi connectivity index (χ0v) is 10.7. The fourth-order valence-corrected chi connectivity index (χ4v) is 2.95. The summed E-state index contributed by atoms with van der Waals surface area (Å²) in [4.78, 5) is 12.3. The lowest BCUT2D eigenvalue weighted by molar-refractivity contribution is -0.128. The molecule has 4 heteroatoms. The zero-order chi connectivity index (χ0) is 13.0. The van der Waals surface area contributed by atoms with Crippen LogP contribution >= 0.6 is 0 Å². The Morgan fingerprint density at radius 2 is 1.94 bits per heavy atom.